The Morgan fingerprint density at radius 3 is 2.54 bits per heavy atom. The van der Waals surface area contributed by atoms with Crippen LogP contribution in [0.15, 0.2) is 41.0 Å². The second kappa shape index (κ2) is 7.69. The fourth-order valence-corrected chi connectivity index (χ4v) is 3.55. The van der Waals surface area contributed by atoms with Gasteiger partial charge in [-0.2, -0.15) is 0 Å². The molecular weight excluding hydrogens is 424 g/mol. The maximum absolute atomic E-state index is 12.3. The van der Waals surface area contributed by atoms with E-state index in [-0.39, 0.29) is 0 Å². The molecule has 2 amide bonds. The number of benzene rings is 1. The average molecular weight is 443 g/mol. The minimum atomic E-state index is -0.454. The summed E-state index contributed by atoms with van der Waals surface area (Å²) >= 11 is 3.38. The van der Waals surface area contributed by atoms with Gasteiger partial charge in [0.05, 0.1) is 5.57 Å². The molecule has 2 N–H and O–H groups in total. The van der Waals surface area contributed by atoms with Gasteiger partial charge in [-0.3, -0.25) is 14.9 Å². The molecule has 1 saturated heterocycles. The lowest BCUT2D eigenvalue weighted by Crippen LogP contribution is -2.44. The van der Waals surface area contributed by atoms with Gasteiger partial charge in [0.25, 0.3) is 11.8 Å². The zero-order valence-electron chi connectivity index (χ0n) is 15.3. The first-order chi connectivity index (χ1) is 13.5. The van der Waals surface area contributed by atoms with Crippen LogP contribution in [0.2, 0.25) is 0 Å². The Morgan fingerprint density at radius 2 is 1.82 bits per heavy atom. The van der Waals surface area contributed by atoms with Gasteiger partial charge >= 0.3 is 0 Å². The van der Waals surface area contributed by atoms with Crippen molar-refractivity contribution in [3.05, 3.63) is 52.1 Å². The molecule has 144 valence electrons. The lowest BCUT2D eigenvalue weighted by Gasteiger charge is -2.32. The summed E-state index contributed by atoms with van der Waals surface area (Å²) in [6.45, 7) is 3.83. The third-order valence-corrected chi connectivity index (χ3v) is 5.32. The van der Waals surface area contributed by atoms with Crippen LogP contribution in [0.1, 0.15) is 15.9 Å². The Labute approximate surface area is 170 Å². The number of rotatable bonds is 3. The van der Waals surface area contributed by atoms with E-state index in [9.17, 15) is 9.59 Å². The Bertz CT molecular complexity index is 951. The van der Waals surface area contributed by atoms with Crippen LogP contribution in [0, 0.1) is 0 Å². The predicted molar refractivity (Wildman–Crippen MR) is 110 cm³/mol. The monoisotopic (exact) mass is 442 g/mol. The largest absolute Gasteiger partial charge is 0.353 e. The van der Waals surface area contributed by atoms with Gasteiger partial charge in [0, 0.05) is 48.0 Å². The molecule has 2 aromatic rings. The van der Waals surface area contributed by atoms with Crippen molar-refractivity contribution >= 4 is 45.0 Å². The van der Waals surface area contributed by atoms with Crippen LogP contribution in [0.3, 0.4) is 0 Å². The Balaban J connectivity index is 1.53. The van der Waals surface area contributed by atoms with Crippen molar-refractivity contribution in [1.82, 2.24) is 20.4 Å². The third kappa shape index (κ3) is 3.76. The van der Waals surface area contributed by atoms with Gasteiger partial charge in [0.15, 0.2) is 11.6 Å². The second-order valence-electron chi connectivity index (χ2n) is 6.74. The standard InChI is InChI=1S/C19H19BrN6O2/c1-25-6-8-26(9-7-25)17-5-4-16(23-24-17)21-11-15-14-10-12(20)2-3-13(14)18(27)22-19(15)28/h2-5,10-11H,6-9H2,1H3,(H,21,23)(H,22,27,28)/b15-11-. The summed E-state index contributed by atoms with van der Waals surface area (Å²) in [6.07, 6.45) is 1.55. The first-order valence-electron chi connectivity index (χ1n) is 8.91. The first-order valence-corrected chi connectivity index (χ1v) is 9.70. The van der Waals surface area contributed by atoms with Crippen LogP contribution in [0.4, 0.5) is 11.6 Å². The molecule has 0 atom stereocenters. The summed E-state index contributed by atoms with van der Waals surface area (Å²) in [4.78, 5) is 28.8. The molecule has 1 fully saturated rings. The van der Waals surface area contributed by atoms with E-state index in [0.717, 1.165) is 36.5 Å². The zero-order valence-corrected chi connectivity index (χ0v) is 16.9. The van der Waals surface area contributed by atoms with Crippen LogP contribution in [0.5, 0.6) is 0 Å². The highest BCUT2D eigenvalue weighted by Crippen LogP contribution is 2.27. The molecule has 2 aliphatic rings. The number of likely N-dealkylation sites (N-methyl/N-ethyl adjacent to an activating group) is 1. The van der Waals surface area contributed by atoms with Crippen LogP contribution >= 0.6 is 15.9 Å². The van der Waals surface area contributed by atoms with Crippen molar-refractivity contribution in [3.63, 3.8) is 0 Å². The van der Waals surface area contributed by atoms with Gasteiger partial charge in [-0.05, 0) is 37.4 Å². The molecule has 0 radical (unpaired) electrons. The van der Waals surface area contributed by atoms with Gasteiger partial charge in [-0.15, -0.1) is 10.2 Å². The Morgan fingerprint density at radius 1 is 1.04 bits per heavy atom. The van der Waals surface area contributed by atoms with Crippen molar-refractivity contribution in [3.8, 4) is 0 Å². The highest BCUT2D eigenvalue weighted by atomic mass is 79.9. The van der Waals surface area contributed by atoms with Gasteiger partial charge in [-0.1, -0.05) is 15.9 Å². The average Bonchev–Trinajstić information content (AvgIpc) is 2.68. The molecule has 0 bridgehead atoms. The fourth-order valence-electron chi connectivity index (χ4n) is 3.19. The van der Waals surface area contributed by atoms with Gasteiger partial charge in [0.1, 0.15) is 0 Å². The third-order valence-electron chi connectivity index (χ3n) is 4.83. The maximum atomic E-state index is 12.3. The molecule has 1 aromatic heterocycles. The van der Waals surface area contributed by atoms with Gasteiger partial charge in [0.2, 0.25) is 0 Å². The van der Waals surface area contributed by atoms with Crippen LogP contribution in [-0.4, -0.2) is 60.1 Å². The zero-order chi connectivity index (χ0) is 19.7. The fraction of sp³-hybridized carbons (Fsp3) is 0.263. The summed E-state index contributed by atoms with van der Waals surface area (Å²) in [5.74, 6) is 0.499. The van der Waals surface area contributed by atoms with Crippen molar-refractivity contribution in [2.75, 3.05) is 43.4 Å². The number of amides is 2. The minimum Gasteiger partial charge on any atom is -0.353 e. The van der Waals surface area contributed by atoms with E-state index in [4.69, 9.17) is 0 Å². The highest BCUT2D eigenvalue weighted by molar-refractivity contribution is 9.10. The number of nitrogens with zero attached hydrogens (tertiary/aromatic N) is 4. The summed E-state index contributed by atoms with van der Waals surface area (Å²) in [5, 5.41) is 13.8. The summed E-state index contributed by atoms with van der Waals surface area (Å²) in [6, 6.07) is 8.93. The molecule has 2 aliphatic heterocycles. The smallest absolute Gasteiger partial charge is 0.260 e. The molecule has 28 heavy (non-hydrogen) atoms. The molecule has 0 spiro atoms. The lowest BCUT2D eigenvalue weighted by atomic mass is 9.96. The minimum absolute atomic E-state index is 0.362. The molecule has 1 aromatic carbocycles. The van der Waals surface area contributed by atoms with E-state index in [2.05, 4.69) is 53.6 Å². The maximum Gasteiger partial charge on any atom is 0.260 e. The number of carbonyl (C=O) groups is 2. The summed E-state index contributed by atoms with van der Waals surface area (Å²) in [7, 11) is 2.11. The first kappa shape index (κ1) is 18.6. The van der Waals surface area contributed by atoms with E-state index >= 15 is 0 Å². The number of halogens is 1. The number of imide groups is 1. The van der Waals surface area contributed by atoms with Crippen molar-refractivity contribution < 1.29 is 9.59 Å². The molecule has 8 nitrogen and oxygen atoms in total. The molecule has 0 saturated carbocycles. The van der Waals surface area contributed by atoms with Crippen molar-refractivity contribution in [2.24, 2.45) is 0 Å². The molecule has 0 unspecified atom stereocenters. The van der Waals surface area contributed by atoms with E-state index in [1.165, 1.54) is 0 Å². The van der Waals surface area contributed by atoms with E-state index in [1.807, 2.05) is 12.1 Å². The number of hydrogen-bond donors (Lipinski definition) is 2. The normalized spacial score (nSPS) is 18.8. The number of hydrogen-bond acceptors (Lipinski definition) is 7. The molecular formula is C19H19BrN6O2. The van der Waals surface area contributed by atoms with E-state index in [0.29, 0.717) is 22.5 Å². The molecule has 0 aliphatic carbocycles. The molecule has 3 heterocycles. The quantitative estimate of drug-likeness (QED) is 0.552. The van der Waals surface area contributed by atoms with Crippen LogP contribution in [0.25, 0.3) is 5.57 Å². The molecule has 9 heteroatoms. The lowest BCUT2D eigenvalue weighted by molar-refractivity contribution is -0.114. The molecule has 4 rings (SSSR count). The van der Waals surface area contributed by atoms with Gasteiger partial charge < -0.3 is 15.1 Å². The highest BCUT2D eigenvalue weighted by Gasteiger charge is 2.27. The predicted octanol–water partition coefficient (Wildman–Crippen LogP) is 1.71. The second-order valence-corrected chi connectivity index (χ2v) is 7.66. The van der Waals surface area contributed by atoms with Crippen molar-refractivity contribution in [2.45, 2.75) is 0 Å². The number of fused-ring (bicyclic) bond motifs is 1. The van der Waals surface area contributed by atoms with Crippen molar-refractivity contribution in [1.29, 1.82) is 0 Å². The van der Waals surface area contributed by atoms with E-state index < -0.39 is 11.8 Å². The number of carbonyl (C=O) groups excluding carboxylic acids is 2. The Kier molecular flexibility index (Phi) is 5.10. The number of nitrogens with one attached hydrogen (secondary N) is 2. The summed E-state index contributed by atoms with van der Waals surface area (Å²) < 4.78 is 0.788. The number of anilines is 2. The van der Waals surface area contributed by atoms with Crippen LogP contribution < -0.4 is 15.5 Å². The number of piperazine rings is 1. The number of aromatic nitrogens is 2. The van der Waals surface area contributed by atoms with Gasteiger partial charge in [-0.25, -0.2) is 0 Å². The van der Waals surface area contributed by atoms with E-state index in [1.54, 1.807) is 24.4 Å². The Hall–Kier alpha value is -2.78. The topological polar surface area (TPSA) is 90.5 Å². The van der Waals surface area contributed by atoms with Crippen LogP contribution in [-0.2, 0) is 4.79 Å². The SMILES string of the molecule is CN1CCN(c2ccc(N/C=C3\C(=O)NC(=O)c4ccc(Br)cc43)nn2)CC1. The summed E-state index contributed by atoms with van der Waals surface area (Å²) in [5.41, 5.74) is 1.38.